The molecule has 1 aromatic rings. The molecular weight excluding hydrogens is 390 g/mol. The van der Waals surface area contributed by atoms with Gasteiger partial charge >= 0.3 is 0 Å². The van der Waals surface area contributed by atoms with Gasteiger partial charge in [-0.25, -0.2) is 8.42 Å². The van der Waals surface area contributed by atoms with E-state index >= 15 is 0 Å². The quantitative estimate of drug-likeness (QED) is 0.433. The lowest BCUT2D eigenvalue weighted by atomic mass is 10.3. The Morgan fingerprint density at radius 1 is 1.29 bits per heavy atom. The van der Waals surface area contributed by atoms with Crippen molar-refractivity contribution in [1.29, 1.82) is 0 Å². The third-order valence-corrected chi connectivity index (χ3v) is 7.80. The Bertz CT molecular complexity index is 859. The molecule has 1 heterocycles. The maximum Gasteiger partial charge on any atom is 0.201 e. The molecule has 132 valence electrons. The van der Waals surface area contributed by atoms with Crippen molar-refractivity contribution in [2.45, 2.75) is 29.6 Å². The third-order valence-electron chi connectivity index (χ3n) is 3.58. The Morgan fingerprint density at radius 2 is 1.92 bits per heavy atom. The first-order valence-electron chi connectivity index (χ1n) is 7.21. The predicted molar refractivity (Wildman–Crippen MR) is 102 cm³/mol. The zero-order chi connectivity index (χ0) is 18.3. The molecule has 1 aliphatic heterocycles. The molecule has 0 fully saturated rings. The first kappa shape index (κ1) is 19.5. The van der Waals surface area contributed by atoms with Crippen LogP contribution in [0.3, 0.4) is 0 Å². The fourth-order valence-electron chi connectivity index (χ4n) is 2.15. The summed E-state index contributed by atoms with van der Waals surface area (Å²) in [7, 11) is -6.25. The Hall–Kier alpha value is -0.810. The van der Waals surface area contributed by atoms with Crippen LogP contribution in [0.15, 0.2) is 39.3 Å². The molecule has 0 amide bonds. The topological polar surface area (TPSA) is 66.8 Å². The number of alkyl halides is 1. The number of sulfone groups is 1. The highest BCUT2D eigenvalue weighted by atomic mass is 35.5. The maximum atomic E-state index is 12.8. The number of anilines is 1. The number of rotatable bonds is 4. The van der Waals surface area contributed by atoms with Gasteiger partial charge < -0.3 is 9.46 Å². The minimum Gasteiger partial charge on any atom is -0.319 e. The van der Waals surface area contributed by atoms with Crippen LogP contribution in [-0.2, 0) is 14.4 Å². The largest absolute Gasteiger partial charge is 0.319 e. The summed E-state index contributed by atoms with van der Waals surface area (Å²) in [6.07, 6.45) is 2.94. The van der Waals surface area contributed by atoms with Gasteiger partial charge in [0.1, 0.15) is 7.14 Å². The molecule has 0 saturated heterocycles. The van der Waals surface area contributed by atoms with E-state index in [4.69, 9.17) is 23.2 Å². The summed E-state index contributed by atoms with van der Waals surface area (Å²) in [4.78, 5) is 5.58. The van der Waals surface area contributed by atoms with Crippen LogP contribution in [0.25, 0.3) is 0 Å². The third kappa shape index (κ3) is 3.88. The summed E-state index contributed by atoms with van der Waals surface area (Å²) in [6, 6.07) is 4.72. The molecule has 24 heavy (non-hydrogen) atoms. The van der Waals surface area contributed by atoms with E-state index in [2.05, 4.69) is 4.99 Å². The van der Waals surface area contributed by atoms with Gasteiger partial charge in [-0.3, -0.25) is 4.99 Å². The van der Waals surface area contributed by atoms with Crippen LogP contribution in [0.1, 0.15) is 13.8 Å². The molecule has 9 heteroatoms. The number of aliphatic imine (C=N–C) groups is 1. The first-order chi connectivity index (χ1) is 10.9. The van der Waals surface area contributed by atoms with Gasteiger partial charge in [0.2, 0.25) is 5.62 Å². The molecule has 1 unspecified atom stereocenters. The molecule has 5 nitrogen and oxygen atoms in total. The van der Waals surface area contributed by atoms with Crippen LogP contribution in [0, 0.1) is 0 Å². The van der Waals surface area contributed by atoms with Gasteiger partial charge in [0.05, 0.1) is 20.9 Å². The summed E-state index contributed by atoms with van der Waals surface area (Å²) in [5.41, 5.74) is -0.453. The summed E-state index contributed by atoms with van der Waals surface area (Å²) < 4.78 is 38.0. The minimum absolute atomic E-state index is 0.0717. The van der Waals surface area contributed by atoms with Crippen LogP contribution in [0.5, 0.6) is 0 Å². The molecular formula is C15H19Cl2N2O3PS. The lowest BCUT2D eigenvalue weighted by molar-refractivity contribution is 0.587. The second-order valence-electron chi connectivity index (χ2n) is 6.11. The van der Waals surface area contributed by atoms with Crippen LogP contribution in [-0.4, -0.2) is 38.8 Å². The monoisotopic (exact) mass is 408 g/mol. The van der Waals surface area contributed by atoms with Crippen molar-refractivity contribution in [1.82, 2.24) is 0 Å². The Morgan fingerprint density at radius 3 is 2.46 bits per heavy atom. The van der Waals surface area contributed by atoms with Crippen LogP contribution in [0.2, 0.25) is 0 Å². The van der Waals surface area contributed by atoms with Crippen molar-refractivity contribution < 1.29 is 13.0 Å². The maximum absolute atomic E-state index is 12.8. The van der Waals surface area contributed by atoms with Gasteiger partial charge in [0.25, 0.3) is 0 Å². The zero-order valence-electron chi connectivity index (χ0n) is 13.8. The SMILES string of the molecule is CC(C)S(=O)(=O)c1cc(P(C)(C)=O)ccc1N1C=C(Cl)C=NC1Cl. The lowest BCUT2D eigenvalue weighted by Crippen LogP contribution is -2.30. The van der Waals surface area contributed by atoms with Gasteiger partial charge in [-0.15, -0.1) is 0 Å². The average molecular weight is 409 g/mol. The highest BCUT2D eigenvalue weighted by Crippen LogP contribution is 2.39. The normalized spacial score (nSPS) is 18.9. The smallest absolute Gasteiger partial charge is 0.201 e. The fourth-order valence-corrected chi connectivity index (χ4v) is 4.75. The van der Waals surface area contributed by atoms with Crippen LogP contribution >= 0.6 is 30.3 Å². The number of benzene rings is 1. The van der Waals surface area contributed by atoms with Gasteiger partial charge in [-0.1, -0.05) is 23.2 Å². The van der Waals surface area contributed by atoms with E-state index in [0.29, 0.717) is 16.0 Å². The fraction of sp³-hybridized carbons (Fsp3) is 0.400. The van der Waals surface area contributed by atoms with Crippen molar-refractivity contribution in [2.75, 3.05) is 18.2 Å². The van der Waals surface area contributed by atoms with Crippen molar-refractivity contribution in [3.63, 3.8) is 0 Å². The van der Waals surface area contributed by atoms with E-state index in [-0.39, 0.29) is 4.90 Å². The van der Waals surface area contributed by atoms with Crippen molar-refractivity contribution in [3.05, 3.63) is 29.4 Å². The summed E-state index contributed by atoms with van der Waals surface area (Å²) in [6.45, 7) is 6.39. The van der Waals surface area contributed by atoms with Gasteiger partial charge in [0, 0.05) is 17.7 Å². The molecule has 2 rings (SSSR count). The standard InChI is InChI=1S/C15H19Cl2N2O3PS/c1-10(2)24(21,22)14-7-12(23(3,4)20)5-6-13(14)19-9-11(16)8-18-15(19)17/h5-10,15H,1-4H3. The molecule has 0 saturated carbocycles. The number of nitrogens with zero attached hydrogens (tertiary/aromatic N) is 2. The number of hydrogen-bond donors (Lipinski definition) is 0. The molecule has 1 aromatic carbocycles. The highest BCUT2D eigenvalue weighted by molar-refractivity contribution is 7.92. The minimum atomic E-state index is -3.63. The Balaban J connectivity index is 2.73. The van der Waals surface area contributed by atoms with Crippen molar-refractivity contribution in [3.8, 4) is 0 Å². The molecule has 0 aromatic heterocycles. The van der Waals surface area contributed by atoms with E-state index in [9.17, 15) is 13.0 Å². The number of allylic oxidation sites excluding steroid dienone is 1. The van der Waals surface area contributed by atoms with Gasteiger partial charge in [-0.05, 0) is 45.4 Å². The molecule has 0 spiro atoms. The van der Waals surface area contributed by atoms with Crippen molar-refractivity contribution >= 4 is 57.4 Å². The number of hydrogen-bond acceptors (Lipinski definition) is 5. The Labute approximate surface area is 152 Å². The molecule has 0 N–H and O–H groups in total. The van der Waals surface area contributed by atoms with Gasteiger partial charge in [-0.2, -0.15) is 0 Å². The lowest BCUT2D eigenvalue weighted by Gasteiger charge is -2.28. The van der Waals surface area contributed by atoms with E-state index in [0.717, 1.165) is 0 Å². The van der Waals surface area contributed by atoms with E-state index in [1.807, 2.05) is 0 Å². The Kier molecular flexibility index (Phi) is 5.55. The molecule has 0 radical (unpaired) electrons. The van der Waals surface area contributed by atoms with Crippen molar-refractivity contribution in [2.24, 2.45) is 4.99 Å². The van der Waals surface area contributed by atoms with Crippen LogP contribution < -0.4 is 10.2 Å². The molecule has 0 aliphatic carbocycles. The second-order valence-corrected chi connectivity index (χ2v) is 12.6. The highest BCUT2D eigenvalue weighted by Gasteiger charge is 2.29. The van der Waals surface area contributed by atoms with E-state index < -0.39 is 27.9 Å². The zero-order valence-corrected chi connectivity index (χ0v) is 17.0. The molecule has 1 atom stereocenters. The molecule has 0 bridgehead atoms. The average Bonchev–Trinajstić information content (AvgIpc) is 2.48. The van der Waals surface area contributed by atoms with E-state index in [1.165, 1.54) is 23.4 Å². The summed E-state index contributed by atoms with van der Waals surface area (Å²) >= 11 is 12.2. The van der Waals surface area contributed by atoms with Crippen LogP contribution in [0.4, 0.5) is 5.69 Å². The summed E-state index contributed by atoms with van der Waals surface area (Å²) in [5, 5.41) is 0.189. The summed E-state index contributed by atoms with van der Waals surface area (Å²) in [5.74, 6) is 0. The first-order valence-corrected chi connectivity index (χ1v) is 12.2. The molecule has 1 aliphatic rings. The predicted octanol–water partition coefficient (Wildman–Crippen LogP) is 3.61. The van der Waals surface area contributed by atoms with Gasteiger partial charge in [0.15, 0.2) is 9.84 Å². The number of halogens is 2. The second kappa shape index (κ2) is 6.83. The van der Waals surface area contributed by atoms with E-state index in [1.54, 1.807) is 39.3 Å².